The molecule has 0 bridgehead atoms. The minimum absolute atomic E-state index is 0.271. The van der Waals surface area contributed by atoms with E-state index in [0.717, 1.165) is 6.42 Å². The topological polar surface area (TPSA) is 57.6 Å². The van der Waals surface area contributed by atoms with Crippen LogP contribution in [-0.4, -0.2) is 34.5 Å². The molecule has 1 saturated heterocycles. The van der Waals surface area contributed by atoms with E-state index in [9.17, 15) is 14.7 Å². The molecule has 4 nitrogen and oxygen atoms in total. The first-order valence-electron chi connectivity index (χ1n) is 6.39. The Labute approximate surface area is 130 Å². The first-order chi connectivity index (χ1) is 9.40. The Morgan fingerprint density at radius 3 is 2.75 bits per heavy atom. The highest BCUT2D eigenvalue weighted by Gasteiger charge is 2.35. The number of carboxylic acids is 1. The maximum atomic E-state index is 12.5. The Balaban J connectivity index is 2.28. The van der Waals surface area contributed by atoms with Crippen molar-refractivity contribution in [2.24, 2.45) is 5.92 Å². The molecule has 0 aliphatic carbocycles. The molecule has 2 rings (SSSR count). The van der Waals surface area contributed by atoms with Gasteiger partial charge in [0.15, 0.2) is 0 Å². The molecule has 0 aromatic heterocycles. The van der Waals surface area contributed by atoms with Gasteiger partial charge in [0.2, 0.25) is 0 Å². The summed E-state index contributed by atoms with van der Waals surface area (Å²) in [5.74, 6) is -0.906. The Hall–Kier alpha value is -1.07. The lowest BCUT2D eigenvalue weighted by molar-refractivity contribution is -0.144. The summed E-state index contributed by atoms with van der Waals surface area (Å²) in [6.07, 6.45) is 1.31. The number of amides is 1. The van der Waals surface area contributed by atoms with Gasteiger partial charge in [-0.3, -0.25) is 4.79 Å². The van der Waals surface area contributed by atoms with E-state index in [1.807, 2.05) is 6.92 Å². The number of benzene rings is 1. The number of carbonyl (C=O) groups is 2. The van der Waals surface area contributed by atoms with E-state index in [2.05, 4.69) is 15.9 Å². The second-order valence-corrected chi connectivity index (χ2v) is 6.40. The van der Waals surface area contributed by atoms with Gasteiger partial charge in [0.05, 0.1) is 5.56 Å². The van der Waals surface area contributed by atoms with Gasteiger partial charge in [0.1, 0.15) is 6.04 Å². The number of halogens is 2. The number of piperidine rings is 1. The van der Waals surface area contributed by atoms with Gasteiger partial charge in [-0.2, -0.15) is 0 Å². The minimum atomic E-state index is -0.949. The highest BCUT2D eigenvalue weighted by molar-refractivity contribution is 9.10. The molecule has 1 aromatic rings. The number of carboxylic acid groups (broad SMARTS) is 1. The second-order valence-electron chi connectivity index (χ2n) is 5.11. The number of likely N-dealkylation sites (tertiary alicyclic amines) is 1. The van der Waals surface area contributed by atoms with Gasteiger partial charge >= 0.3 is 5.97 Å². The molecule has 0 radical (unpaired) electrons. The van der Waals surface area contributed by atoms with Crippen LogP contribution in [-0.2, 0) is 4.79 Å². The number of hydrogen-bond donors (Lipinski definition) is 1. The van der Waals surface area contributed by atoms with Crippen LogP contribution in [0.1, 0.15) is 30.1 Å². The van der Waals surface area contributed by atoms with Gasteiger partial charge in [-0.05, 0) is 52.9 Å². The lowest BCUT2D eigenvalue weighted by Crippen LogP contribution is -2.49. The standard InChI is InChI=1S/C14H15BrClNO3/c1-8-4-5-17(12(6-8)14(19)20)13(18)10-3-2-9(16)7-11(10)15/h2-3,7-8,12H,4-6H2,1H3,(H,19,20). The molecule has 20 heavy (non-hydrogen) atoms. The van der Waals surface area contributed by atoms with E-state index in [0.29, 0.717) is 33.9 Å². The molecule has 1 heterocycles. The Morgan fingerprint density at radius 1 is 1.45 bits per heavy atom. The van der Waals surface area contributed by atoms with Crippen LogP contribution in [0.3, 0.4) is 0 Å². The molecule has 2 atom stereocenters. The summed E-state index contributed by atoms with van der Waals surface area (Å²) < 4.78 is 0.581. The van der Waals surface area contributed by atoms with E-state index in [1.54, 1.807) is 18.2 Å². The van der Waals surface area contributed by atoms with Crippen molar-refractivity contribution < 1.29 is 14.7 Å². The van der Waals surface area contributed by atoms with Crippen LogP contribution >= 0.6 is 27.5 Å². The number of nitrogens with zero attached hydrogens (tertiary/aromatic N) is 1. The summed E-state index contributed by atoms with van der Waals surface area (Å²) >= 11 is 9.16. The SMILES string of the molecule is CC1CCN(C(=O)c2ccc(Cl)cc2Br)C(C(=O)O)C1. The fraction of sp³-hybridized carbons (Fsp3) is 0.429. The first kappa shape index (κ1) is 15.3. The van der Waals surface area contributed by atoms with Crippen molar-refractivity contribution in [2.45, 2.75) is 25.8 Å². The second kappa shape index (κ2) is 6.14. The molecule has 0 saturated carbocycles. The lowest BCUT2D eigenvalue weighted by Gasteiger charge is -2.36. The van der Waals surface area contributed by atoms with Crippen molar-refractivity contribution in [1.82, 2.24) is 4.90 Å². The lowest BCUT2D eigenvalue weighted by atomic mass is 9.92. The maximum Gasteiger partial charge on any atom is 0.326 e. The molecular formula is C14H15BrClNO3. The third-order valence-electron chi connectivity index (χ3n) is 3.57. The van der Waals surface area contributed by atoms with Crippen LogP contribution in [0.25, 0.3) is 0 Å². The van der Waals surface area contributed by atoms with Gasteiger partial charge < -0.3 is 10.0 Å². The van der Waals surface area contributed by atoms with Crippen LogP contribution < -0.4 is 0 Å². The first-order valence-corrected chi connectivity index (χ1v) is 7.56. The molecule has 2 unspecified atom stereocenters. The summed E-state index contributed by atoms with van der Waals surface area (Å²) in [6.45, 7) is 2.47. The highest BCUT2D eigenvalue weighted by Crippen LogP contribution is 2.28. The minimum Gasteiger partial charge on any atom is -0.480 e. The Bertz CT molecular complexity index is 549. The molecule has 6 heteroatoms. The van der Waals surface area contributed by atoms with Crippen LogP contribution in [0.5, 0.6) is 0 Å². The van der Waals surface area contributed by atoms with E-state index in [1.165, 1.54) is 4.90 Å². The van der Waals surface area contributed by atoms with Gasteiger partial charge in [-0.1, -0.05) is 18.5 Å². The fourth-order valence-corrected chi connectivity index (χ4v) is 3.29. The fourth-order valence-electron chi connectivity index (χ4n) is 2.44. The predicted octanol–water partition coefficient (Wildman–Crippen LogP) is 3.43. The molecule has 1 aromatic carbocycles. The molecule has 1 aliphatic rings. The Kier molecular flexibility index (Phi) is 4.70. The van der Waals surface area contributed by atoms with Gasteiger partial charge in [-0.25, -0.2) is 4.79 Å². The molecule has 1 fully saturated rings. The van der Waals surface area contributed by atoms with Crippen molar-refractivity contribution in [2.75, 3.05) is 6.54 Å². The average molecular weight is 361 g/mol. The van der Waals surface area contributed by atoms with Crippen molar-refractivity contribution >= 4 is 39.4 Å². The van der Waals surface area contributed by atoms with Crippen molar-refractivity contribution in [3.05, 3.63) is 33.3 Å². The molecule has 1 amide bonds. The zero-order valence-electron chi connectivity index (χ0n) is 11.0. The van der Waals surface area contributed by atoms with E-state index >= 15 is 0 Å². The number of aliphatic carboxylic acids is 1. The van der Waals surface area contributed by atoms with Crippen LogP contribution in [0.15, 0.2) is 22.7 Å². The highest BCUT2D eigenvalue weighted by atomic mass is 79.9. The van der Waals surface area contributed by atoms with Crippen molar-refractivity contribution in [1.29, 1.82) is 0 Å². The maximum absolute atomic E-state index is 12.5. The Morgan fingerprint density at radius 2 is 2.15 bits per heavy atom. The smallest absolute Gasteiger partial charge is 0.326 e. The van der Waals surface area contributed by atoms with Crippen molar-refractivity contribution in [3.8, 4) is 0 Å². The summed E-state index contributed by atoms with van der Waals surface area (Å²) in [6, 6.07) is 4.12. The zero-order chi connectivity index (χ0) is 14.9. The zero-order valence-corrected chi connectivity index (χ0v) is 13.3. The number of hydrogen-bond acceptors (Lipinski definition) is 2. The van der Waals surface area contributed by atoms with Crippen LogP contribution in [0.4, 0.5) is 0 Å². The van der Waals surface area contributed by atoms with Gasteiger partial charge in [0, 0.05) is 16.0 Å². The number of rotatable bonds is 2. The summed E-state index contributed by atoms with van der Waals surface area (Å²) in [4.78, 5) is 25.3. The monoisotopic (exact) mass is 359 g/mol. The number of carbonyl (C=O) groups excluding carboxylic acids is 1. The van der Waals surface area contributed by atoms with Crippen LogP contribution in [0, 0.1) is 5.92 Å². The summed E-state index contributed by atoms with van der Waals surface area (Å²) in [5, 5.41) is 9.83. The van der Waals surface area contributed by atoms with Crippen LogP contribution in [0.2, 0.25) is 5.02 Å². The normalized spacial score (nSPS) is 22.6. The van der Waals surface area contributed by atoms with Gasteiger partial charge in [-0.15, -0.1) is 0 Å². The third kappa shape index (κ3) is 3.15. The van der Waals surface area contributed by atoms with E-state index in [4.69, 9.17) is 11.6 Å². The predicted molar refractivity (Wildman–Crippen MR) is 80.0 cm³/mol. The average Bonchev–Trinajstić information content (AvgIpc) is 2.37. The molecule has 0 spiro atoms. The molecular weight excluding hydrogens is 346 g/mol. The van der Waals surface area contributed by atoms with E-state index in [-0.39, 0.29) is 5.91 Å². The quantitative estimate of drug-likeness (QED) is 0.879. The largest absolute Gasteiger partial charge is 0.480 e. The molecule has 1 aliphatic heterocycles. The van der Waals surface area contributed by atoms with E-state index < -0.39 is 12.0 Å². The summed E-state index contributed by atoms with van der Waals surface area (Å²) in [5.41, 5.74) is 0.440. The summed E-state index contributed by atoms with van der Waals surface area (Å²) in [7, 11) is 0. The molecule has 1 N–H and O–H groups in total. The molecule has 108 valence electrons. The van der Waals surface area contributed by atoms with Gasteiger partial charge in [0.25, 0.3) is 5.91 Å². The van der Waals surface area contributed by atoms with Crippen molar-refractivity contribution in [3.63, 3.8) is 0 Å². The third-order valence-corrected chi connectivity index (χ3v) is 4.46.